The Balaban J connectivity index is 1.55. The van der Waals surface area contributed by atoms with Crippen LogP contribution in [0.5, 0.6) is 0 Å². The SMILES string of the molecule is [B]C([B])([B])n1nnc2ccc(C#Cc3cnc(NC)c4cnc(NC(=O)C5CC5)cc34)cc21. The molecule has 33 heavy (non-hydrogen) atoms. The number of aromatic nitrogens is 5. The molecule has 1 aromatic carbocycles. The lowest BCUT2D eigenvalue weighted by molar-refractivity contribution is -0.117. The van der Waals surface area contributed by atoms with Gasteiger partial charge in [-0.15, -0.1) is 5.10 Å². The minimum Gasteiger partial charge on any atom is -0.373 e. The second kappa shape index (κ2) is 7.96. The third kappa shape index (κ3) is 4.16. The van der Waals surface area contributed by atoms with Crippen LogP contribution in [0.25, 0.3) is 21.8 Å². The molecule has 2 N–H and O–H groups in total. The summed E-state index contributed by atoms with van der Waals surface area (Å²) in [6.07, 6.45) is 5.20. The van der Waals surface area contributed by atoms with Gasteiger partial charge < -0.3 is 10.6 Å². The van der Waals surface area contributed by atoms with Crippen LogP contribution in [-0.2, 0) is 10.0 Å². The predicted molar refractivity (Wildman–Crippen MR) is 129 cm³/mol. The van der Waals surface area contributed by atoms with Crippen molar-refractivity contribution in [3.8, 4) is 11.8 Å². The van der Waals surface area contributed by atoms with Crippen molar-refractivity contribution in [2.75, 3.05) is 17.7 Å². The summed E-state index contributed by atoms with van der Waals surface area (Å²) in [7, 11) is 19.1. The van der Waals surface area contributed by atoms with E-state index in [0.717, 1.165) is 23.6 Å². The van der Waals surface area contributed by atoms with Crippen LogP contribution in [0.15, 0.2) is 36.7 Å². The molecule has 1 aliphatic rings. The number of carbonyl (C=O) groups excluding carboxylic acids is 1. The average Bonchev–Trinajstić information content (AvgIpc) is 3.55. The number of hydrogen-bond acceptors (Lipinski definition) is 6. The summed E-state index contributed by atoms with van der Waals surface area (Å²) in [5.74, 6) is 7.52. The van der Waals surface area contributed by atoms with Crippen LogP contribution in [0.2, 0.25) is 0 Å². The van der Waals surface area contributed by atoms with Crippen LogP contribution >= 0.6 is 0 Å². The van der Waals surface area contributed by atoms with E-state index >= 15 is 0 Å². The normalized spacial score (nSPS) is 13.5. The lowest BCUT2D eigenvalue weighted by atomic mass is 9.49. The van der Waals surface area contributed by atoms with Crippen molar-refractivity contribution in [1.29, 1.82) is 0 Å². The van der Waals surface area contributed by atoms with Gasteiger partial charge in [-0.05, 0) is 42.3 Å². The van der Waals surface area contributed by atoms with Crippen molar-refractivity contribution in [2.45, 2.75) is 18.1 Å². The van der Waals surface area contributed by atoms with E-state index in [0.29, 0.717) is 33.8 Å². The third-order valence-electron chi connectivity index (χ3n) is 5.36. The number of nitrogens with one attached hydrogen (secondary N) is 2. The molecule has 6 radical (unpaired) electrons. The molecule has 0 unspecified atom stereocenters. The molecule has 4 aromatic rings. The topological polar surface area (TPSA) is 97.6 Å². The van der Waals surface area contributed by atoms with Crippen LogP contribution in [-0.4, -0.2) is 61.5 Å². The van der Waals surface area contributed by atoms with Gasteiger partial charge in [0.2, 0.25) is 5.91 Å². The van der Waals surface area contributed by atoms with Gasteiger partial charge in [-0.25, -0.2) is 9.97 Å². The van der Waals surface area contributed by atoms with Crippen molar-refractivity contribution < 1.29 is 4.79 Å². The molecule has 0 spiro atoms. The van der Waals surface area contributed by atoms with E-state index in [4.69, 9.17) is 23.5 Å². The van der Waals surface area contributed by atoms with E-state index in [9.17, 15) is 4.79 Å². The minimum absolute atomic E-state index is 0.00769. The van der Waals surface area contributed by atoms with Gasteiger partial charge in [-0.1, -0.05) is 17.1 Å². The van der Waals surface area contributed by atoms with Gasteiger partial charge in [0, 0.05) is 41.7 Å². The van der Waals surface area contributed by atoms with Crippen molar-refractivity contribution in [3.05, 3.63) is 47.8 Å². The number of pyridine rings is 2. The van der Waals surface area contributed by atoms with Crippen molar-refractivity contribution >= 4 is 62.9 Å². The molecular weight excluding hydrogens is 411 g/mol. The molecule has 0 atom stereocenters. The van der Waals surface area contributed by atoms with Crippen LogP contribution in [0.1, 0.15) is 24.0 Å². The molecule has 3 heterocycles. The molecule has 11 heteroatoms. The maximum Gasteiger partial charge on any atom is 0.228 e. The zero-order valence-corrected chi connectivity index (χ0v) is 17.8. The van der Waals surface area contributed by atoms with Crippen molar-refractivity contribution in [1.82, 2.24) is 25.0 Å². The van der Waals surface area contributed by atoms with E-state index in [1.54, 1.807) is 31.6 Å². The zero-order valence-electron chi connectivity index (χ0n) is 17.8. The van der Waals surface area contributed by atoms with E-state index in [-0.39, 0.29) is 11.8 Å². The molecule has 5 rings (SSSR count). The highest BCUT2D eigenvalue weighted by molar-refractivity contribution is 6.56. The summed E-state index contributed by atoms with van der Waals surface area (Å²) >= 11 is 0. The highest BCUT2D eigenvalue weighted by atomic mass is 16.2. The maximum atomic E-state index is 12.2. The summed E-state index contributed by atoms with van der Waals surface area (Å²) in [6, 6.07) is 7.17. The largest absolute Gasteiger partial charge is 0.373 e. The summed E-state index contributed by atoms with van der Waals surface area (Å²) < 4.78 is 1.24. The first-order valence-electron chi connectivity index (χ1n) is 10.4. The van der Waals surface area contributed by atoms with Gasteiger partial charge in [0.25, 0.3) is 0 Å². The molecule has 1 aliphatic carbocycles. The number of fused-ring (bicyclic) bond motifs is 2. The highest BCUT2D eigenvalue weighted by Crippen LogP contribution is 2.31. The van der Waals surface area contributed by atoms with E-state index < -0.39 is 5.24 Å². The number of carbonyl (C=O) groups is 1. The van der Waals surface area contributed by atoms with Gasteiger partial charge in [0.05, 0.1) is 34.6 Å². The highest BCUT2D eigenvalue weighted by Gasteiger charge is 2.29. The summed E-state index contributed by atoms with van der Waals surface area (Å²) in [5.41, 5.74) is 2.54. The summed E-state index contributed by atoms with van der Waals surface area (Å²) in [6.45, 7) is 0. The first-order chi connectivity index (χ1) is 15.8. The molecule has 1 fully saturated rings. The van der Waals surface area contributed by atoms with E-state index in [1.165, 1.54) is 4.68 Å². The van der Waals surface area contributed by atoms with E-state index in [2.05, 4.69) is 42.8 Å². The molecule has 154 valence electrons. The molecule has 0 saturated heterocycles. The predicted octanol–water partition coefficient (Wildman–Crippen LogP) is 1.24. The summed E-state index contributed by atoms with van der Waals surface area (Å²) in [5, 5.41) is 13.8. The number of rotatable bonds is 4. The van der Waals surface area contributed by atoms with Crippen molar-refractivity contribution in [3.63, 3.8) is 0 Å². The second-order valence-electron chi connectivity index (χ2n) is 7.99. The Morgan fingerprint density at radius 3 is 2.67 bits per heavy atom. The standard InChI is InChI=1S/C22H16B3N7O/c1-26-20-16-11-27-19(29-21(33)13-5-6-13)9-15(16)14(10-28-20)4-2-12-3-7-17-18(8-12)32(31-30-17)22(23,24)25/h3,7-11,13H,5-6H2,1H3,(H,26,28)(H,27,29,33). The molecule has 0 bridgehead atoms. The summed E-state index contributed by atoms with van der Waals surface area (Å²) in [4.78, 5) is 21.0. The van der Waals surface area contributed by atoms with Gasteiger partial charge in [0.15, 0.2) is 0 Å². The number of anilines is 2. The Morgan fingerprint density at radius 1 is 1.12 bits per heavy atom. The molecule has 1 amide bonds. The van der Waals surface area contributed by atoms with Crippen LogP contribution in [0, 0.1) is 17.8 Å². The Bertz CT molecular complexity index is 1460. The monoisotopic (exact) mass is 427 g/mol. The maximum absolute atomic E-state index is 12.2. The number of benzene rings is 1. The number of amides is 1. The fourth-order valence-corrected chi connectivity index (χ4v) is 3.50. The number of hydrogen-bond donors (Lipinski definition) is 2. The molecule has 0 aliphatic heterocycles. The lowest BCUT2D eigenvalue weighted by Gasteiger charge is -2.20. The minimum atomic E-state index is -1.68. The van der Waals surface area contributed by atoms with Gasteiger partial charge in [-0.2, -0.15) is 0 Å². The average molecular weight is 427 g/mol. The van der Waals surface area contributed by atoms with E-state index in [1.807, 2.05) is 12.1 Å². The Kier molecular flexibility index (Phi) is 5.08. The molecule has 8 nitrogen and oxygen atoms in total. The van der Waals surface area contributed by atoms with Crippen LogP contribution in [0.4, 0.5) is 11.6 Å². The zero-order chi connectivity index (χ0) is 23.2. The Labute approximate surface area is 194 Å². The fraction of sp³-hybridized carbons (Fsp3) is 0.227. The first-order valence-corrected chi connectivity index (χ1v) is 10.4. The lowest BCUT2D eigenvalue weighted by Crippen LogP contribution is -2.36. The fourth-order valence-electron chi connectivity index (χ4n) is 3.50. The van der Waals surface area contributed by atoms with Gasteiger partial charge in [-0.3, -0.25) is 9.48 Å². The first kappa shape index (κ1) is 21.1. The van der Waals surface area contributed by atoms with Crippen molar-refractivity contribution in [2.24, 2.45) is 5.92 Å². The molecule has 3 aromatic heterocycles. The number of nitrogens with zero attached hydrogens (tertiary/aromatic N) is 5. The van der Waals surface area contributed by atoms with Crippen LogP contribution in [0.3, 0.4) is 0 Å². The Morgan fingerprint density at radius 2 is 1.94 bits per heavy atom. The second-order valence-corrected chi connectivity index (χ2v) is 7.99. The Hall–Kier alpha value is -3.80. The quantitative estimate of drug-likeness (QED) is 0.376. The molecule has 1 saturated carbocycles. The van der Waals surface area contributed by atoms with Gasteiger partial charge in [0.1, 0.15) is 17.2 Å². The third-order valence-corrected chi connectivity index (χ3v) is 5.36. The van der Waals surface area contributed by atoms with Crippen LogP contribution < -0.4 is 10.6 Å². The van der Waals surface area contributed by atoms with Gasteiger partial charge >= 0.3 is 0 Å². The molecular formula is C22H16B3N7O. The smallest absolute Gasteiger partial charge is 0.228 e.